The highest BCUT2D eigenvalue weighted by Crippen LogP contribution is 2.32. The van der Waals surface area contributed by atoms with Gasteiger partial charge in [0.2, 0.25) is 0 Å². The van der Waals surface area contributed by atoms with Crippen LogP contribution in [0.4, 0.5) is 0 Å². The van der Waals surface area contributed by atoms with Gasteiger partial charge in [-0.1, -0.05) is 0 Å². The fraction of sp³-hybridized carbons (Fsp3) is 0.333. The van der Waals surface area contributed by atoms with Gasteiger partial charge in [0, 0.05) is 5.56 Å². The smallest absolute Gasteiger partial charge is 0.178 e. The maximum absolute atomic E-state index is 11.7. The molecule has 0 aliphatic heterocycles. The van der Waals surface area contributed by atoms with E-state index in [1.807, 2.05) is 6.07 Å². The summed E-state index contributed by atoms with van der Waals surface area (Å²) in [5.41, 5.74) is 0.708. The Kier molecular flexibility index (Phi) is 4.49. The lowest BCUT2D eigenvalue weighted by atomic mass is 10.1. The summed E-state index contributed by atoms with van der Waals surface area (Å²) in [6.45, 7) is 0.209. The maximum Gasteiger partial charge on any atom is 0.178 e. The van der Waals surface area contributed by atoms with Crippen LogP contribution in [-0.4, -0.2) is 33.6 Å². The molecular weight excluding hydrogens is 220 g/mol. The summed E-state index contributed by atoms with van der Waals surface area (Å²) in [6, 6.07) is 5.05. The van der Waals surface area contributed by atoms with Crippen LogP contribution >= 0.6 is 0 Å². The predicted octanol–water partition coefficient (Wildman–Crippen LogP) is 0.978. The highest BCUT2D eigenvalue weighted by atomic mass is 16.5. The molecule has 90 valence electrons. The average Bonchev–Trinajstić information content (AvgIpc) is 2.37. The molecule has 0 aliphatic carbocycles. The number of hydrogen-bond acceptors (Lipinski definition) is 5. The van der Waals surface area contributed by atoms with E-state index in [1.54, 1.807) is 13.1 Å². The van der Waals surface area contributed by atoms with Crippen molar-refractivity contribution in [2.24, 2.45) is 0 Å². The summed E-state index contributed by atoms with van der Waals surface area (Å²) in [6.07, 6.45) is 0. The van der Waals surface area contributed by atoms with Crippen LogP contribution < -0.4 is 14.8 Å². The lowest BCUT2D eigenvalue weighted by Crippen LogP contribution is -2.18. The molecule has 17 heavy (non-hydrogen) atoms. The Hall–Kier alpha value is -2.06. The normalized spacial score (nSPS) is 9.53. The summed E-state index contributed by atoms with van der Waals surface area (Å²) in [4.78, 5) is 11.7. The van der Waals surface area contributed by atoms with Gasteiger partial charge in [0.15, 0.2) is 17.3 Å². The van der Waals surface area contributed by atoms with Crippen molar-refractivity contribution in [2.75, 3.05) is 27.8 Å². The van der Waals surface area contributed by atoms with E-state index >= 15 is 0 Å². The summed E-state index contributed by atoms with van der Waals surface area (Å²) < 4.78 is 10.2. The molecule has 0 saturated heterocycles. The Morgan fingerprint density at radius 3 is 2.59 bits per heavy atom. The van der Waals surface area contributed by atoms with Gasteiger partial charge >= 0.3 is 0 Å². The molecule has 0 spiro atoms. The van der Waals surface area contributed by atoms with E-state index in [2.05, 4.69) is 5.32 Å². The summed E-state index contributed by atoms with van der Waals surface area (Å²) in [7, 11) is 4.60. The molecule has 0 bridgehead atoms. The molecule has 0 aliphatic rings. The fourth-order valence-electron chi connectivity index (χ4n) is 1.47. The van der Waals surface area contributed by atoms with Gasteiger partial charge in [-0.3, -0.25) is 4.79 Å². The molecule has 0 saturated carbocycles. The molecule has 0 fully saturated rings. The van der Waals surface area contributed by atoms with Gasteiger partial charge in [0.25, 0.3) is 0 Å². The summed E-state index contributed by atoms with van der Waals surface area (Å²) in [5, 5.41) is 11.8. The predicted molar refractivity (Wildman–Crippen MR) is 62.5 cm³/mol. The first kappa shape index (κ1) is 13.0. The molecule has 0 amide bonds. The van der Waals surface area contributed by atoms with Crippen LogP contribution in [0.25, 0.3) is 0 Å². The number of carbonyl (C=O) groups excluding carboxylic acids is 1. The molecule has 1 N–H and O–H groups in total. The molecule has 0 unspecified atom stereocenters. The minimum atomic E-state index is -0.107. The SMILES string of the molecule is CNCC(=O)c1cc(C#N)c(OC)c(OC)c1. The first-order chi connectivity index (χ1) is 8.17. The van der Waals surface area contributed by atoms with E-state index < -0.39 is 0 Å². The van der Waals surface area contributed by atoms with Gasteiger partial charge in [-0.25, -0.2) is 0 Å². The van der Waals surface area contributed by atoms with Crippen LogP contribution in [0.3, 0.4) is 0 Å². The van der Waals surface area contributed by atoms with Crippen LogP contribution in [0.15, 0.2) is 12.1 Å². The maximum atomic E-state index is 11.7. The number of methoxy groups -OCH3 is 2. The lowest BCUT2D eigenvalue weighted by molar-refractivity contribution is 0.0993. The van der Waals surface area contributed by atoms with Crippen LogP contribution in [0.5, 0.6) is 11.5 Å². The number of nitriles is 1. The zero-order chi connectivity index (χ0) is 12.8. The van der Waals surface area contributed by atoms with E-state index in [9.17, 15) is 4.79 Å². The van der Waals surface area contributed by atoms with Crippen molar-refractivity contribution in [1.82, 2.24) is 5.32 Å². The van der Waals surface area contributed by atoms with Crippen molar-refractivity contribution < 1.29 is 14.3 Å². The molecule has 0 radical (unpaired) electrons. The van der Waals surface area contributed by atoms with Crippen LogP contribution in [0.2, 0.25) is 0 Å². The van der Waals surface area contributed by atoms with Crippen molar-refractivity contribution >= 4 is 5.78 Å². The van der Waals surface area contributed by atoms with Gasteiger partial charge in [-0.05, 0) is 19.2 Å². The van der Waals surface area contributed by atoms with Crippen molar-refractivity contribution in [1.29, 1.82) is 5.26 Å². The second-order valence-electron chi connectivity index (χ2n) is 3.32. The van der Waals surface area contributed by atoms with Crippen LogP contribution in [0, 0.1) is 11.3 Å². The first-order valence-electron chi connectivity index (χ1n) is 5.01. The topological polar surface area (TPSA) is 71.4 Å². The molecule has 0 aromatic heterocycles. The Bertz CT molecular complexity index is 464. The van der Waals surface area contributed by atoms with E-state index in [-0.39, 0.29) is 17.9 Å². The first-order valence-corrected chi connectivity index (χ1v) is 5.01. The number of rotatable bonds is 5. The second kappa shape index (κ2) is 5.87. The number of hydrogen-bond donors (Lipinski definition) is 1. The number of benzene rings is 1. The molecule has 0 heterocycles. The zero-order valence-electron chi connectivity index (χ0n) is 10.0. The fourth-order valence-corrected chi connectivity index (χ4v) is 1.47. The third-order valence-corrected chi connectivity index (χ3v) is 2.26. The van der Waals surface area contributed by atoms with E-state index in [1.165, 1.54) is 20.3 Å². The Morgan fingerprint density at radius 1 is 1.41 bits per heavy atom. The minimum absolute atomic E-state index is 0.107. The third-order valence-electron chi connectivity index (χ3n) is 2.26. The molecule has 0 atom stereocenters. The number of carbonyl (C=O) groups is 1. The average molecular weight is 234 g/mol. The second-order valence-corrected chi connectivity index (χ2v) is 3.32. The number of nitrogens with one attached hydrogen (secondary N) is 1. The lowest BCUT2D eigenvalue weighted by Gasteiger charge is -2.11. The van der Waals surface area contributed by atoms with Gasteiger partial charge in [-0.15, -0.1) is 0 Å². The summed E-state index contributed by atoms with van der Waals surface area (Å²) in [5.74, 6) is 0.618. The van der Waals surface area contributed by atoms with Gasteiger partial charge in [0.1, 0.15) is 6.07 Å². The standard InChI is InChI=1S/C12H14N2O3/c1-14-7-10(15)8-4-9(6-13)12(17-3)11(5-8)16-2/h4-5,14H,7H2,1-3H3. The molecule has 5 nitrogen and oxygen atoms in total. The van der Waals surface area contributed by atoms with E-state index in [0.29, 0.717) is 17.1 Å². The molecular formula is C12H14N2O3. The van der Waals surface area contributed by atoms with Crippen molar-refractivity contribution in [3.8, 4) is 17.6 Å². The Labute approximate surface area is 100.0 Å². The van der Waals surface area contributed by atoms with Gasteiger partial charge < -0.3 is 14.8 Å². The Morgan fingerprint density at radius 2 is 2.12 bits per heavy atom. The largest absolute Gasteiger partial charge is 0.493 e. The minimum Gasteiger partial charge on any atom is -0.493 e. The monoisotopic (exact) mass is 234 g/mol. The number of likely N-dealkylation sites (N-methyl/N-ethyl adjacent to an activating group) is 1. The highest BCUT2D eigenvalue weighted by Gasteiger charge is 2.15. The van der Waals surface area contributed by atoms with E-state index in [0.717, 1.165) is 0 Å². The summed E-state index contributed by atoms with van der Waals surface area (Å²) >= 11 is 0. The molecule has 1 aromatic rings. The number of ether oxygens (including phenoxy) is 2. The number of nitrogens with zero attached hydrogens (tertiary/aromatic N) is 1. The van der Waals surface area contributed by atoms with Crippen molar-refractivity contribution in [3.05, 3.63) is 23.3 Å². The number of Topliss-reactive ketones (excluding diaryl/α,β-unsaturated/α-hetero) is 1. The number of ketones is 1. The van der Waals surface area contributed by atoms with Gasteiger partial charge in [0.05, 0.1) is 26.3 Å². The van der Waals surface area contributed by atoms with Crippen LogP contribution in [-0.2, 0) is 0 Å². The molecule has 5 heteroatoms. The third kappa shape index (κ3) is 2.74. The molecule has 1 aromatic carbocycles. The van der Waals surface area contributed by atoms with Crippen molar-refractivity contribution in [3.63, 3.8) is 0 Å². The van der Waals surface area contributed by atoms with Crippen molar-refractivity contribution in [2.45, 2.75) is 0 Å². The quantitative estimate of drug-likeness (QED) is 0.769. The highest BCUT2D eigenvalue weighted by molar-refractivity contribution is 5.98. The van der Waals surface area contributed by atoms with Gasteiger partial charge in [-0.2, -0.15) is 5.26 Å². The van der Waals surface area contributed by atoms with E-state index in [4.69, 9.17) is 14.7 Å². The Balaban J connectivity index is 3.28. The van der Waals surface area contributed by atoms with Crippen LogP contribution in [0.1, 0.15) is 15.9 Å². The molecule has 1 rings (SSSR count). The zero-order valence-corrected chi connectivity index (χ0v) is 10.0.